The molecular formula is C13H16O3. The van der Waals surface area contributed by atoms with Crippen LogP contribution in [0.1, 0.15) is 16.7 Å². The highest BCUT2D eigenvalue weighted by Crippen LogP contribution is 2.25. The van der Waals surface area contributed by atoms with Crippen molar-refractivity contribution < 1.29 is 14.6 Å². The minimum absolute atomic E-state index is 0.198. The molecule has 0 bridgehead atoms. The van der Waals surface area contributed by atoms with Gasteiger partial charge in [-0.1, -0.05) is 18.7 Å². The normalized spacial score (nSPS) is 9.94. The van der Waals surface area contributed by atoms with Crippen LogP contribution in [0.25, 0.3) is 0 Å². The molecule has 0 saturated carbocycles. The van der Waals surface area contributed by atoms with Gasteiger partial charge in [0.2, 0.25) is 0 Å². The van der Waals surface area contributed by atoms with Crippen molar-refractivity contribution in [2.45, 2.75) is 20.3 Å². The van der Waals surface area contributed by atoms with E-state index in [1.165, 1.54) is 0 Å². The van der Waals surface area contributed by atoms with Crippen molar-refractivity contribution in [1.29, 1.82) is 0 Å². The minimum Gasteiger partial charge on any atom is -0.496 e. The Morgan fingerprint density at radius 2 is 1.88 bits per heavy atom. The van der Waals surface area contributed by atoms with Gasteiger partial charge in [0.15, 0.2) is 0 Å². The zero-order chi connectivity index (χ0) is 12.3. The quantitative estimate of drug-likeness (QED) is 0.793. The first-order valence-electron chi connectivity index (χ1n) is 5.01. The van der Waals surface area contributed by atoms with Gasteiger partial charge in [0.05, 0.1) is 7.11 Å². The summed E-state index contributed by atoms with van der Waals surface area (Å²) in [5.41, 5.74) is 3.17. The number of aryl methyl sites for hydroxylation is 2. The topological polar surface area (TPSA) is 46.5 Å². The number of rotatable bonds is 4. The molecule has 0 radical (unpaired) electrons. The Balaban J connectivity index is 3.00. The van der Waals surface area contributed by atoms with Gasteiger partial charge in [-0.2, -0.15) is 0 Å². The molecule has 0 atom stereocenters. The molecule has 1 aromatic carbocycles. The number of aliphatic carboxylic acids is 1. The fourth-order valence-electron chi connectivity index (χ4n) is 1.79. The smallest absolute Gasteiger partial charge is 0.331 e. The van der Waals surface area contributed by atoms with Gasteiger partial charge in [0.25, 0.3) is 0 Å². The summed E-state index contributed by atoms with van der Waals surface area (Å²) in [7, 11) is 1.63. The second-order valence-electron chi connectivity index (χ2n) is 3.85. The van der Waals surface area contributed by atoms with Crippen molar-refractivity contribution in [3.05, 3.63) is 41.0 Å². The number of methoxy groups -OCH3 is 1. The highest BCUT2D eigenvalue weighted by Gasteiger charge is 2.09. The molecular weight excluding hydrogens is 204 g/mol. The molecule has 0 spiro atoms. The molecule has 0 unspecified atom stereocenters. The van der Waals surface area contributed by atoms with Crippen molar-refractivity contribution >= 4 is 5.97 Å². The standard InChI is InChI=1S/C13H16O3/c1-8-5-11(7-10(3)13(14)15)6-9(2)12(8)16-4/h5-6H,3,7H2,1-2,4H3,(H,14,15). The number of benzene rings is 1. The van der Waals surface area contributed by atoms with E-state index in [0.29, 0.717) is 6.42 Å². The number of carboxylic acid groups (broad SMARTS) is 1. The number of carboxylic acids is 1. The zero-order valence-corrected chi connectivity index (χ0v) is 9.83. The summed E-state index contributed by atoms with van der Waals surface area (Å²) in [6, 6.07) is 3.86. The van der Waals surface area contributed by atoms with Crippen LogP contribution in [-0.2, 0) is 11.2 Å². The van der Waals surface area contributed by atoms with E-state index < -0.39 is 5.97 Å². The number of ether oxygens (including phenoxy) is 1. The largest absolute Gasteiger partial charge is 0.496 e. The van der Waals surface area contributed by atoms with E-state index in [4.69, 9.17) is 9.84 Å². The lowest BCUT2D eigenvalue weighted by molar-refractivity contribution is -0.132. The molecule has 0 saturated heterocycles. The van der Waals surface area contributed by atoms with Crippen LogP contribution >= 0.6 is 0 Å². The van der Waals surface area contributed by atoms with Crippen LogP contribution in [-0.4, -0.2) is 18.2 Å². The lowest BCUT2D eigenvalue weighted by atomic mass is 10.0. The molecule has 0 amide bonds. The van der Waals surface area contributed by atoms with E-state index in [2.05, 4.69) is 6.58 Å². The van der Waals surface area contributed by atoms with Gasteiger partial charge in [-0.3, -0.25) is 0 Å². The van der Waals surface area contributed by atoms with Crippen LogP contribution in [0, 0.1) is 13.8 Å². The highest BCUT2D eigenvalue weighted by molar-refractivity contribution is 5.86. The zero-order valence-electron chi connectivity index (χ0n) is 9.83. The van der Waals surface area contributed by atoms with Crippen molar-refractivity contribution in [3.63, 3.8) is 0 Å². The summed E-state index contributed by atoms with van der Waals surface area (Å²) in [4.78, 5) is 10.7. The van der Waals surface area contributed by atoms with E-state index in [1.54, 1.807) is 7.11 Å². The monoisotopic (exact) mass is 220 g/mol. The number of hydrogen-bond acceptors (Lipinski definition) is 2. The van der Waals surface area contributed by atoms with Gasteiger partial charge >= 0.3 is 5.97 Å². The molecule has 0 aliphatic rings. The van der Waals surface area contributed by atoms with E-state index >= 15 is 0 Å². The molecule has 16 heavy (non-hydrogen) atoms. The Morgan fingerprint density at radius 3 is 2.25 bits per heavy atom. The molecule has 1 aromatic rings. The third-order valence-electron chi connectivity index (χ3n) is 2.44. The second-order valence-corrected chi connectivity index (χ2v) is 3.85. The molecule has 86 valence electrons. The van der Waals surface area contributed by atoms with Crippen molar-refractivity contribution in [2.24, 2.45) is 0 Å². The third-order valence-corrected chi connectivity index (χ3v) is 2.44. The van der Waals surface area contributed by atoms with Gasteiger partial charge in [0, 0.05) is 12.0 Å². The molecule has 0 aliphatic carbocycles. The summed E-state index contributed by atoms with van der Waals surface area (Å²) >= 11 is 0. The Morgan fingerprint density at radius 1 is 1.38 bits per heavy atom. The van der Waals surface area contributed by atoms with E-state index in [1.807, 2.05) is 26.0 Å². The van der Waals surface area contributed by atoms with Gasteiger partial charge in [-0.25, -0.2) is 4.79 Å². The first-order valence-corrected chi connectivity index (χ1v) is 5.01. The Bertz CT molecular complexity index is 410. The summed E-state index contributed by atoms with van der Waals surface area (Å²) in [5.74, 6) is -0.101. The van der Waals surface area contributed by atoms with Crippen LogP contribution in [0.2, 0.25) is 0 Å². The number of carbonyl (C=O) groups is 1. The van der Waals surface area contributed by atoms with Crippen LogP contribution in [0.4, 0.5) is 0 Å². The van der Waals surface area contributed by atoms with Gasteiger partial charge in [-0.05, 0) is 30.5 Å². The van der Waals surface area contributed by atoms with Gasteiger partial charge < -0.3 is 9.84 Å². The maximum atomic E-state index is 10.7. The predicted molar refractivity (Wildman–Crippen MR) is 62.9 cm³/mol. The molecule has 3 heteroatoms. The number of hydrogen-bond donors (Lipinski definition) is 1. The minimum atomic E-state index is -0.953. The Labute approximate surface area is 95.4 Å². The fraction of sp³-hybridized carbons (Fsp3) is 0.308. The first-order chi connectivity index (χ1) is 7.45. The van der Waals surface area contributed by atoms with Gasteiger partial charge in [-0.15, -0.1) is 0 Å². The molecule has 1 rings (SSSR count). The first kappa shape index (κ1) is 12.3. The van der Waals surface area contributed by atoms with E-state index in [0.717, 1.165) is 22.4 Å². The van der Waals surface area contributed by atoms with Gasteiger partial charge in [0.1, 0.15) is 5.75 Å². The van der Waals surface area contributed by atoms with Crippen LogP contribution < -0.4 is 4.74 Å². The molecule has 1 N–H and O–H groups in total. The van der Waals surface area contributed by atoms with Crippen LogP contribution in [0.15, 0.2) is 24.3 Å². The maximum Gasteiger partial charge on any atom is 0.331 e. The molecule has 0 aliphatic heterocycles. The third kappa shape index (κ3) is 2.63. The summed E-state index contributed by atoms with van der Waals surface area (Å²) in [6.07, 6.45) is 0.362. The lowest BCUT2D eigenvalue weighted by Gasteiger charge is -2.11. The molecule has 0 fully saturated rings. The Kier molecular flexibility index (Phi) is 3.72. The van der Waals surface area contributed by atoms with Crippen LogP contribution in [0.3, 0.4) is 0 Å². The average molecular weight is 220 g/mol. The average Bonchev–Trinajstić information content (AvgIpc) is 2.16. The molecule has 3 nitrogen and oxygen atoms in total. The molecule has 0 aromatic heterocycles. The fourth-order valence-corrected chi connectivity index (χ4v) is 1.79. The summed E-state index contributed by atoms with van der Waals surface area (Å²) < 4.78 is 5.24. The Hall–Kier alpha value is -1.77. The highest BCUT2D eigenvalue weighted by atomic mass is 16.5. The summed E-state index contributed by atoms with van der Waals surface area (Å²) in [6.45, 7) is 7.41. The maximum absolute atomic E-state index is 10.7. The van der Waals surface area contributed by atoms with Crippen molar-refractivity contribution in [1.82, 2.24) is 0 Å². The SMILES string of the molecule is C=C(Cc1cc(C)c(OC)c(C)c1)C(=O)O. The van der Waals surface area contributed by atoms with Crippen LogP contribution in [0.5, 0.6) is 5.75 Å². The second kappa shape index (κ2) is 4.84. The summed E-state index contributed by atoms with van der Waals surface area (Å²) in [5, 5.41) is 8.76. The van der Waals surface area contributed by atoms with E-state index in [9.17, 15) is 4.79 Å². The van der Waals surface area contributed by atoms with Crippen molar-refractivity contribution in [2.75, 3.05) is 7.11 Å². The van der Waals surface area contributed by atoms with Crippen molar-refractivity contribution in [3.8, 4) is 5.75 Å². The van der Waals surface area contributed by atoms with E-state index in [-0.39, 0.29) is 5.57 Å². The lowest BCUT2D eigenvalue weighted by Crippen LogP contribution is -2.03. The molecule has 0 heterocycles. The predicted octanol–water partition coefficient (Wildman–Crippen LogP) is 2.50.